The summed E-state index contributed by atoms with van der Waals surface area (Å²) in [5.41, 5.74) is 1.61. The van der Waals surface area contributed by atoms with E-state index in [1.807, 2.05) is 24.3 Å². The van der Waals surface area contributed by atoms with Crippen LogP contribution in [0.3, 0.4) is 0 Å². The Kier molecular flexibility index (Phi) is 3.21. The molecule has 1 aliphatic heterocycles. The summed E-state index contributed by atoms with van der Waals surface area (Å²) in [5, 5.41) is 7.05. The summed E-state index contributed by atoms with van der Waals surface area (Å²) in [6.45, 7) is 1.76. The Bertz CT molecular complexity index is 724. The molecule has 106 valence electrons. The highest BCUT2D eigenvalue weighted by molar-refractivity contribution is 7.91. The summed E-state index contributed by atoms with van der Waals surface area (Å²) >= 11 is 0. The second-order valence-electron chi connectivity index (χ2n) is 4.94. The van der Waals surface area contributed by atoms with E-state index >= 15 is 0 Å². The van der Waals surface area contributed by atoms with E-state index in [9.17, 15) is 8.42 Å². The van der Waals surface area contributed by atoms with Crippen molar-refractivity contribution >= 4 is 15.5 Å². The van der Waals surface area contributed by atoms with Gasteiger partial charge in [-0.2, -0.15) is 4.98 Å². The molecule has 1 N–H and O–H groups in total. The number of nitrogens with one attached hydrogen (secondary N) is 1. The average molecular weight is 293 g/mol. The lowest BCUT2D eigenvalue weighted by molar-refractivity contribution is 0.425. The third-order valence-electron chi connectivity index (χ3n) is 3.28. The number of benzene rings is 1. The zero-order chi connectivity index (χ0) is 14.2. The van der Waals surface area contributed by atoms with Gasteiger partial charge in [0.1, 0.15) is 0 Å². The monoisotopic (exact) mass is 293 g/mol. The van der Waals surface area contributed by atoms with E-state index in [2.05, 4.69) is 15.5 Å². The van der Waals surface area contributed by atoms with Crippen LogP contribution in [-0.2, 0) is 9.84 Å². The Hall–Kier alpha value is -1.89. The fourth-order valence-corrected chi connectivity index (χ4v) is 4.00. The molecule has 3 rings (SSSR count). The predicted octanol–water partition coefficient (Wildman–Crippen LogP) is 1.64. The van der Waals surface area contributed by atoms with Crippen molar-refractivity contribution in [3.8, 4) is 11.5 Å². The molecule has 1 aromatic carbocycles. The Morgan fingerprint density at radius 1 is 1.35 bits per heavy atom. The van der Waals surface area contributed by atoms with E-state index in [0.29, 0.717) is 18.1 Å². The third-order valence-corrected chi connectivity index (χ3v) is 5.05. The highest BCUT2D eigenvalue weighted by atomic mass is 32.2. The van der Waals surface area contributed by atoms with Gasteiger partial charge >= 0.3 is 0 Å². The normalized spacial score (nSPS) is 20.9. The van der Waals surface area contributed by atoms with Gasteiger partial charge in [-0.3, -0.25) is 0 Å². The smallest absolute Gasteiger partial charge is 0.260 e. The molecule has 0 radical (unpaired) electrons. The number of hydrogen-bond donors (Lipinski definition) is 1. The minimum Gasteiger partial charge on any atom is -0.381 e. The van der Waals surface area contributed by atoms with E-state index in [4.69, 9.17) is 4.52 Å². The summed E-state index contributed by atoms with van der Waals surface area (Å²) in [6, 6.07) is 7.47. The lowest BCUT2D eigenvalue weighted by atomic mass is 10.1. The zero-order valence-electron chi connectivity index (χ0n) is 11.0. The molecule has 6 nitrogen and oxygen atoms in total. The van der Waals surface area contributed by atoms with Crippen molar-refractivity contribution < 1.29 is 12.9 Å². The van der Waals surface area contributed by atoms with Gasteiger partial charge in [-0.15, -0.1) is 0 Å². The van der Waals surface area contributed by atoms with E-state index in [-0.39, 0.29) is 17.5 Å². The largest absolute Gasteiger partial charge is 0.381 e. The summed E-state index contributed by atoms with van der Waals surface area (Å²) in [7, 11) is -2.90. The van der Waals surface area contributed by atoms with E-state index < -0.39 is 9.84 Å². The van der Waals surface area contributed by atoms with Crippen molar-refractivity contribution in [3.63, 3.8) is 0 Å². The minimum atomic E-state index is -2.90. The predicted molar refractivity (Wildman–Crippen MR) is 75.2 cm³/mol. The van der Waals surface area contributed by atoms with E-state index in [1.54, 1.807) is 6.92 Å². The Balaban J connectivity index is 1.87. The molecule has 2 heterocycles. The molecule has 1 fully saturated rings. The number of sulfone groups is 1. The van der Waals surface area contributed by atoms with Gasteiger partial charge in [-0.25, -0.2) is 8.42 Å². The Morgan fingerprint density at radius 2 is 2.15 bits per heavy atom. The quantitative estimate of drug-likeness (QED) is 0.926. The summed E-state index contributed by atoms with van der Waals surface area (Å²) in [6.07, 6.45) is 0.625. The van der Waals surface area contributed by atoms with Gasteiger partial charge in [-0.1, -0.05) is 17.3 Å². The molecule has 1 aliphatic rings. The second kappa shape index (κ2) is 4.90. The number of rotatable bonds is 3. The highest BCUT2D eigenvalue weighted by Crippen LogP contribution is 2.28. The van der Waals surface area contributed by atoms with Gasteiger partial charge in [0.05, 0.1) is 17.1 Å². The van der Waals surface area contributed by atoms with Crippen LogP contribution in [0.15, 0.2) is 28.8 Å². The minimum absolute atomic E-state index is 0.0647. The molecule has 1 unspecified atom stereocenters. The van der Waals surface area contributed by atoms with Gasteiger partial charge in [-0.05, 0) is 25.5 Å². The SMILES string of the molecule is Cc1noc(-c2ccccc2NC2CCS(=O)(=O)C2)n1. The molecule has 1 saturated heterocycles. The Labute approximate surface area is 117 Å². The molecule has 0 spiro atoms. The first kappa shape index (κ1) is 13.1. The summed E-state index contributed by atoms with van der Waals surface area (Å²) in [5.74, 6) is 1.42. The molecular weight excluding hydrogens is 278 g/mol. The first-order valence-corrected chi connectivity index (χ1v) is 8.22. The van der Waals surface area contributed by atoms with Crippen molar-refractivity contribution in [1.82, 2.24) is 10.1 Å². The van der Waals surface area contributed by atoms with Crippen LogP contribution >= 0.6 is 0 Å². The number of anilines is 1. The standard InChI is InChI=1S/C13H15N3O3S/c1-9-14-13(19-16-9)11-4-2-3-5-12(11)15-10-6-7-20(17,18)8-10/h2-5,10,15H,6-8H2,1H3. The summed E-state index contributed by atoms with van der Waals surface area (Å²) < 4.78 is 28.2. The first-order valence-electron chi connectivity index (χ1n) is 6.40. The fraction of sp³-hybridized carbons (Fsp3) is 0.385. The average Bonchev–Trinajstić information content (AvgIpc) is 2.96. The van der Waals surface area contributed by atoms with Gasteiger partial charge in [0.2, 0.25) is 0 Å². The van der Waals surface area contributed by atoms with Crippen LogP contribution in [0.1, 0.15) is 12.2 Å². The van der Waals surface area contributed by atoms with Crippen molar-refractivity contribution in [2.24, 2.45) is 0 Å². The first-order chi connectivity index (χ1) is 9.53. The van der Waals surface area contributed by atoms with Gasteiger partial charge < -0.3 is 9.84 Å². The number of aryl methyl sites for hydroxylation is 1. The third kappa shape index (κ3) is 2.67. The molecule has 1 atom stereocenters. The lowest BCUT2D eigenvalue weighted by Crippen LogP contribution is -2.20. The maximum absolute atomic E-state index is 11.5. The molecule has 20 heavy (non-hydrogen) atoms. The highest BCUT2D eigenvalue weighted by Gasteiger charge is 2.28. The van der Waals surface area contributed by atoms with Gasteiger partial charge in [0.15, 0.2) is 15.7 Å². The van der Waals surface area contributed by atoms with Crippen LogP contribution in [-0.4, -0.2) is 36.1 Å². The molecular formula is C13H15N3O3S. The number of hydrogen-bond acceptors (Lipinski definition) is 6. The second-order valence-corrected chi connectivity index (χ2v) is 7.17. The Morgan fingerprint density at radius 3 is 2.80 bits per heavy atom. The van der Waals surface area contributed by atoms with Crippen LogP contribution in [0.5, 0.6) is 0 Å². The van der Waals surface area contributed by atoms with Crippen LogP contribution in [0.25, 0.3) is 11.5 Å². The van der Waals surface area contributed by atoms with E-state index in [0.717, 1.165) is 11.3 Å². The zero-order valence-corrected chi connectivity index (χ0v) is 11.9. The lowest BCUT2D eigenvalue weighted by Gasteiger charge is -2.14. The maximum atomic E-state index is 11.5. The summed E-state index contributed by atoms with van der Waals surface area (Å²) in [4.78, 5) is 4.21. The molecule has 0 saturated carbocycles. The topological polar surface area (TPSA) is 85.1 Å². The van der Waals surface area contributed by atoms with Crippen molar-refractivity contribution in [2.45, 2.75) is 19.4 Å². The maximum Gasteiger partial charge on any atom is 0.260 e. The van der Waals surface area contributed by atoms with Crippen LogP contribution in [0.2, 0.25) is 0 Å². The van der Waals surface area contributed by atoms with Crippen molar-refractivity contribution in [1.29, 1.82) is 0 Å². The molecule has 0 bridgehead atoms. The van der Waals surface area contributed by atoms with Crippen LogP contribution < -0.4 is 5.32 Å². The fourth-order valence-electron chi connectivity index (χ4n) is 2.33. The molecule has 0 aliphatic carbocycles. The number of para-hydroxylation sites is 1. The van der Waals surface area contributed by atoms with Crippen molar-refractivity contribution in [3.05, 3.63) is 30.1 Å². The molecule has 7 heteroatoms. The number of aromatic nitrogens is 2. The van der Waals surface area contributed by atoms with Gasteiger partial charge in [0.25, 0.3) is 5.89 Å². The van der Waals surface area contributed by atoms with Crippen LogP contribution in [0, 0.1) is 6.92 Å². The van der Waals surface area contributed by atoms with Crippen LogP contribution in [0.4, 0.5) is 5.69 Å². The molecule has 1 aromatic heterocycles. The van der Waals surface area contributed by atoms with E-state index in [1.165, 1.54) is 0 Å². The molecule has 0 amide bonds. The molecule has 2 aromatic rings. The number of nitrogens with zero attached hydrogens (tertiary/aromatic N) is 2. The van der Waals surface area contributed by atoms with Gasteiger partial charge in [0, 0.05) is 11.7 Å². The van der Waals surface area contributed by atoms with Crippen molar-refractivity contribution in [2.75, 3.05) is 16.8 Å².